The summed E-state index contributed by atoms with van der Waals surface area (Å²) in [7, 11) is 0. The Morgan fingerprint density at radius 1 is 0.787 bits per heavy atom. The van der Waals surface area contributed by atoms with Gasteiger partial charge in [0.25, 0.3) is 5.91 Å². The molecule has 0 aromatic heterocycles. The first-order chi connectivity index (χ1) is 28.5. The van der Waals surface area contributed by atoms with E-state index in [1.165, 1.54) is 5.57 Å². The highest BCUT2D eigenvalue weighted by Gasteiger charge is 2.72. The zero-order chi connectivity index (χ0) is 44.8. The molecular formula is C51H76N2O8. The molecule has 1 aromatic carbocycles. The quantitative estimate of drug-likeness (QED) is 0.0727. The second-order valence-corrected chi connectivity index (χ2v) is 22.2. The number of aliphatic carboxylic acids is 2. The molecule has 1 aromatic rings. The summed E-state index contributed by atoms with van der Waals surface area (Å²) >= 11 is 0. The van der Waals surface area contributed by atoms with Crippen LogP contribution in [0.15, 0.2) is 36.4 Å². The van der Waals surface area contributed by atoms with Crippen LogP contribution in [-0.4, -0.2) is 52.6 Å². The Morgan fingerprint density at radius 2 is 1.48 bits per heavy atom. The van der Waals surface area contributed by atoms with Crippen molar-refractivity contribution < 1.29 is 38.9 Å². The molecule has 5 fully saturated rings. The summed E-state index contributed by atoms with van der Waals surface area (Å²) in [5.74, 6) is -0.333. The highest BCUT2D eigenvalue weighted by Crippen LogP contribution is 2.77. The highest BCUT2D eigenvalue weighted by atomic mass is 16.5. The Bertz CT molecular complexity index is 1850. The summed E-state index contributed by atoms with van der Waals surface area (Å²) in [4.78, 5) is 63.2. The molecule has 0 spiro atoms. The first-order valence-corrected chi connectivity index (χ1v) is 23.5. The monoisotopic (exact) mass is 845 g/mol. The SMILES string of the molecule is C=C(C)[C@@H]1CC[C@]2(C(=O)NCc3ccc(C(=O)NCCCCCCC(=O)O)cc3)CC[C@]3(C)[C@H](CC[C@@H]4[C@@]5(C)CC[C@H](OC(=O)CC(C)(C)C(=O)O)C(C)(C)[C@@H]5CC[C@]43C)[C@@H]12. The molecule has 0 radical (unpaired) electrons. The second-order valence-electron chi connectivity index (χ2n) is 22.2. The number of rotatable bonds is 16. The van der Waals surface area contributed by atoms with Crippen molar-refractivity contribution >= 4 is 29.7 Å². The van der Waals surface area contributed by atoms with Gasteiger partial charge in [-0.15, -0.1) is 0 Å². The standard InChI is InChI=1S/C51H76N2O8/c1-32(2)35-21-26-51(44(58)53-31-33-15-17-34(18-16-33)43(57)52-29-13-11-10-12-14-40(54)55)28-27-49(8)36(42(35)51)19-20-38-48(7)24-23-39(61-41(56)30-46(3,4)45(59)60)47(5,6)37(48)22-25-50(38,49)9/h15-18,35-39,42H,1,10-14,19-31H2,2-9H3,(H,52,57)(H,53,58)(H,54,55)(H,59,60)/t35-,36+,37-,38+,39-,42+,48-,49+,50+,51-/m0/s1. The Balaban J connectivity index is 1.12. The van der Waals surface area contributed by atoms with Crippen LogP contribution in [0.1, 0.15) is 174 Å². The predicted octanol–water partition coefficient (Wildman–Crippen LogP) is 10.1. The van der Waals surface area contributed by atoms with Gasteiger partial charge in [-0.05, 0) is 161 Å². The summed E-state index contributed by atoms with van der Waals surface area (Å²) in [6, 6.07) is 7.50. The number of benzene rings is 1. The lowest BCUT2D eigenvalue weighted by atomic mass is 9.32. The van der Waals surface area contributed by atoms with Crippen molar-refractivity contribution in [3.63, 3.8) is 0 Å². The molecule has 0 heterocycles. The molecule has 10 atom stereocenters. The van der Waals surface area contributed by atoms with Crippen LogP contribution in [0.2, 0.25) is 0 Å². The fraction of sp³-hybridized carbons (Fsp3) is 0.745. The third-order valence-electron chi connectivity index (χ3n) is 18.2. The van der Waals surface area contributed by atoms with Gasteiger partial charge in [-0.2, -0.15) is 0 Å². The fourth-order valence-electron chi connectivity index (χ4n) is 14.5. The molecule has 5 saturated carbocycles. The maximum Gasteiger partial charge on any atom is 0.309 e. The third-order valence-corrected chi connectivity index (χ3v) is 18.2. The molecule has 5 aliphatic carbocycles. The number of unbranched alkanes of at least 4 members (excludes halogenated alkanes) is 3. The van der Waals surface area contributed by atoms with E-state index in [-0.39, 0.29) is 58.3 Å². The van der Waals surface area contributed by atoms with Gasteiger partial charge < -0.3 is 25.6 Å². The van der Waals surface area contributed by atoms with E-state index in [2.05, 4.69) is 58.8 Å². The molecule has 10 heteroatoms. The number of carboxylic acid groups (broad SMARTS) is 2. The van der Waals surface area contributed by atoms with Gasteiger partial charge in [-0.1, -0.05) is 71.7 Å². The minimum Gasteiger partial charge on any atom is -0.481 e. The van der Waals surface area contributed by atoms with E-state index >= 15 is 0 Å². The number of amides is 2. The number of carbonyl (C=O) groups is 5. The Kier molecular flexibility index (Phi) is 13.4. The molecular weight excluding hydrogens is 769 g/mol. The number of esters is 1. The normalized spacial score (nSPS) is 35.0. The van der Waals surface area contributed by atoms with Crippen LogP contribution in [0.5, 0.6) is 0 Å². The largest absolute Gasteiger partial charge is 0.481 e. The number of hydrogen-bond acceptors (Lipinski definition) is 6. The van der Waals surface area contributed by atoms with Crippen LogP contribution >= 0.6 is 0 Å². The van der Waals surface area contributed by atoms with E-state index in [0.29, 0.717) is 48.7 Å². The van der Waals surface area contributed by atoms with Crippen molar-refractivity contribution in [2.45, 2.75) is 171 Å². The van der Waals surface area contributed by atoms with Crippen LogP contribution in [0.3, 0.4) is 0 Å². The third kappa shape index (κ3) is 8.56. The summed E-state index contributed by atoms with van der Waals surface area (Å²) in [6.45, 7) is 23.1. The number of fused-ring (bicyclic) bond motifs is 7. The fourth-order valence-corrected chi connectivity index (χ4v) is 14.5. The van der Waals surface area contributed by atoms with Crippen LogP contribution in [-0.2, 0) is 30.5 Å². The molecule has 5 aliphatic rings. The highest BCUT2D eigenvalue weighted by molar-refractivity contribution is 5.94. The van der Waals surface area contributed by atoms with Gasteiger partial charge in [0, 0.05) is 30.5 Å². The Morgan fingerprint density at radius 3 is 2.13 bits per heavy atom. The maximum absolute atomic E-state index is 14.7. The van der Waals surface area contributed by atoms with Crippen LogP contribution in [0.25, 0.3) is 0 Å². The number of nitrogens with one attached hydrogen (secondary N) is 2. The van der Waals surface area contributed by atoms with E-state index in [0.717, 1.165) is 89.0 Å². The van der Waals surface area contributed by atoms with Crippen molar-refractivity contribution in [2.75, 3.05) is 6.54 Å². The van der Waals surface area contributed by atoms with Gasteiger partial charge in [-0.3, -0.25) is 24.0 Å². The molecule has 4 N–H and O–H groups in total. The van der Waals surface area contributed by atoms with Crippen molar-refractivity contribution in [2.24, 2.45) is 62.1 Å². The number of carboxylic acids is 2. The summed E-state index contributed by atoms with van der Waals surface area (Å²) in [6.07, 6.45) is 12.9. The van der Waals surface area contributed by atoms with E-state index in [4.69, 9.17) is 9.84 Å². The molecule has 338 valence electrons. The van der Waals surface area contributed by atoms with E-state index in [1.807, 2.05) is 24.3 Å². The lowest BCUT2D eigenvalue weighted by molar-refractivity contribution is -0.249. The van der Waals surface area contributed by atoms with E-state index in [9.17, 15) is 29.1 Å². The summed E-state index contributed by atoms with van der Waals surface area (Å²) < 4.78 is 6.19. The molecule has 0 bridgehead atoms. The van der Waals surface area contributed by atoms with E-state index in [1.54, 1.807) is 13.8 Å². The topological polar surface area (TPSA) is 159 Å². The predicted molar refractivity (Wildman–Crippen MR) is 236 cm³/mol. The van der Waals surface area contributed by atoms with Gasteiger partial charge >= 0.3 is 17.9 Å². The Labute approximate surface area is 365 Å². The average molecular weight is 845 g/mol. The van der Waals surface area contributed by atoms with Gasteiger partial charge in [-0.25, -0.2) is 0 Å². The number of allylic oxidation sites excluding steroid dienone is 1. The second kappa shape index (κ2) is 17.5. The summed E-state index contributed by atoms with van der Waals surface area (Å²) in [5, 5.41) is 24.8. The van der Waals surface area contributed by atoms with Crippen molar-refractivity contribution in [3.8, 4) is 0 Å². The minimum atomic E-state index is -1.17. The van der Waals surface area contributed by atoms with Crippen molar-refractivity contribution in [1.29, 1.82) is 0 Å². The average Bonchev–Trinajstić information content (AvgIpc) is 3.59. The van der Waals surface area contributed by atoms with Gasteiger partial charge in [0.1, 0.15) is 6.10 Å². The molecule has 0 saturated heterocycles. The van der Waals surface area contributed by atoms with E-state index < -0.39 is 28.7 Å². The smallest absolute Gasteiger partial charge is 0.309 e. The minimum absolute atomic E-state index is 0.0585. The Hall–Kier alpha value is -3.69. The van der Waals surface area contributed by atoms with Gasteiger partial charge in [0.15, 0.2) is 0 Å². The molecule has 2 amide bonds. The molecule has 0 aliphatic heterocycles. The summed E-state index contributed by atoms with van der Waals surface area (Å²) in [5.41, 5.74) is 1.10. The molecule has 0 unspecified atom stereocenters. The molecule has 10 nitrogen and oxygen atoms in total. The molecule has 61 heavy (non-hydrogen) atoms. The zero-order valence-corrected chi connectivity index (χ0v) is 38.6. The van der Waals surface area contributed by atoms with Crippen molar-refractivity contribution in [3.05, 3.63) is 47.5 Å². The number of carbonyl (C=O) groups excluding carboxylic acids is 3. The number of ether oxygens (including phenoxy) is 1. The van der Waals surface area contributed by atoms with Crippen LogP contribution < -0.4 is 10.6 Å². The zero-order valence-electron chi connectivity index (χ0n) is 38.6. The maximum atomic E-state index is 14.7. The van der Waals surface area contributed by atoms with Crippen LogP contribution in [0.4, 0.5) is 0 Å². The number of hydrogen-bond donors (Lipinski definition) is 4. The van der Waals surface area contributed by atoms with Gasteiger partial charge in [0.2, 0.25) is 5.91 Å². The van der Waals surface area contributed by atoms with Crippen LogP contribution in [0, 0.1) is 62.1 Å². The van der Waals surface area contributed by atoms with Crippen molar-refractivity contribution in [1.82, 2.24) is 10.6 Å². The van der Waals surface area contributed by atoms with Gasteiger partial charge in [0.05, 0.1) is 17.3 Å². The first kappa shape index (κ1) is 46.8. The lowest BCUT2D eigenvalue weighted by Gasteiger charge is -2.72. The molecule has 6 rings (SSSR count). The lowest BCUT2D eigenvalue weighted by Crippen LogP contribution is -2.67. The first-order valence-electron chi connectivity index (χ1n) is 23.5.